The summed E-state index contributed by atoms with van der Waals surface area (Å²) in [5.74, 6) is 0.490. The van der Waals surface area contributed by atoms with Gasteiger partial charge in [0.15, 0.2) is 0 Å². The highest BCUT2D eigenvalue weighted by atomic mass is 32.1. The minimum Gasteiger partial charge on any atom is -0.342 e. The lowest BCUT2D eigenvalue weighted by Crippen LogP contribution is -2.22. The van der Waals surface area contributed by atoms with Gasteiger partial charge < -0.3 is 9.84 Å². The lowest BCUT2D eigenvalue weighted by atomic mass is 10.3. The van der Waals surface area contributed by atoms with Crippen molar-refractivity contribution in [3.05, 3.63) is 28.9 Å². The number of hydrogen-bond donors (Lipinski definition) is 1. The molecule has 0 radical (unpaired) electrons. The first-order chi connectivity index (χ1) is 10.1. The van der Waals surface area contributed by atoms with Gasteiger partial charge in [0.25, 0.3) is 5.91 Å². The average molecular weight is 305 g/mol. The minimum absolute atomic E-state index is 0.142. The van der Waals surface area contributed by atoms with Crippen LogP contribution in [0.5, 0.6) is 0 Å². The van der Waals surface area contributed by atoms with E-state index >= 15 is 0 Å². The normalized spacial score (nSPS) is 10.8. The Labute approximate surface area is 123 Å². The predicted octanol–water partition coefficient (Wildman–Crippen LogP) is 0.560. The summed E-state index contributed by atoms with van der Waals surface area (Å²) in [5, 5.41) is 14.4. The fraction of sp³-hybridized carbons (Fsp3) is 0.273. The zero-order chi connectivity index (χ0) is 14.8. The molecule has 10 heteroatoms. The Morgan fingerprint density at radius 2 is 2.38 bits per heavy atom. The standard InChI is InChI=1S/C11H11N7O2S/c1-6-9(21-17-15-6)11(19)12-4-8-14-10(16-20-8)7-3-13-18(2)5-7/h3,5H,4H2,1-2H3,(H,12,19). The van der Waals surface area contributed by atoms with E-state index in [-0.39, 0.29) is 12.5 Å². The summed E-state index contributed by atoms with van der Waals surface area (Å²) in [6.07, 6.45) is 3.42. The van der Waals surface area contributed by atoms with E-state index in [4.69, 9.17) is 4.52 Å². The van der Waals surface area contributed by atoms with Crippen molar-refractivity contribution in [2.24, 2.45) is 7.05 Å². The van der Waals surface area contributed by atoms with E-state index < -0.39 is 0 Å². The Balaban J connectivity index is 1.65. The van der Waals surface area contributed by atoms with E-state index in [1.807, 2.05) is 0 Å². The van der Waals surface area contributed by atoms with Crippen molar-refractivity contribution in [1.82, 2.24) is 34.8 Å². The van der Waals surface area contributed by atoms with Gasteiger partial charge in [-0.05, 0) is 18.5 Å². The zero-order valence-electron chi connectivity index (χ0n) is 11.3. The first kappa shape index (κ1) is 13.4. The van der Waals surface area contributed by atoms with Crippen molar-refractivity contribution < 1.29 is 9.32 Å². The van der Waals surface area contributed by atoms with Gasteiger partial charge >= 0.3 is 0 Å². The molecule has 0 spiro atoms. The molecule has 0 fully saturated rings. The number of nitrogens with zero attached hydrogens (tertiary/aromatic N) is 6. The van der Waals surface area contributed by atoms with Crippen LogP contribution in [0.4, 0.5) is 0 Å². The Bertz CT molecular complexity index is 775. The second-order valence-corrected chi connectivity index (χ2v) is 5.04. The fourth-order valence-electron chi connectivity index (χ4n) is 1.66. The fourth-order valence-corrected chi connectivity index (χ4v) is 2.23. The van der Waals surface area contributed by atoms with E-state index in [0.29, 0.717) is 22.3 Å². The van der Waals surface area contributed by atoms with E-state index in [1.165, 1.54) is 0 Å². The maximum absolute atomic E-state index is 11.9. The summed E-state index contributed by atoms with van der Waals surface area (Å²) in [6.45, 7) is 1.87. The minimum atomic E-state index is -0.261. The number of aryl methyl sites for hydroxylation is 2. The molecule has 0 aliphatic heterocycles. The molecule has 3 aromatic heterocycles. The zero-order valence-corrected chi connectivity index (χ0v) is 12.1. The van der Waals surface area contributed by atoms with Crippen LogP contribution in [0.3, 0.4) is 0 Å². The van der Waals surface area contributed by atoms with Gasteiger partial charge in [-0.3, -0.25) is 9.48 Å². The van der Waals surface area contributed by atoms with Crippen LogP contribution in [0.15, 0.2) is 16.9 Å². The third-order valence-electron chi connectivity index (χ3n) is 2.69. The quantitative estimate of drug-likeness (QED) is 0.749. The molecule has 0 bridgehead atoms. The molecule has 3 heterocycles. The topological polar surface area (TPSA) is 112 Å². The van der Waals surface area contributed by atoms with Crippen molar-refractivity contribution >= 4 is 17.4 Å². The Morgan fingerprint density at radius 3 is 3.05 bits per heavy atom. The lowest BCUT2D eigenvalue weighted by Gasteiger charge is -1.98. The molecular weight excluding hydrogens is 294 g/mol. The van der Waals surface area contributed by atoms with E-state index in [1.54, 1.807) is 31.0 Å². The number of carbonyl (C=O) groups is 1. The van der Waals surface area contributed by atoms with E-state index in [0.717, 1.165) is 17.1 Å². The van der Waals surface area contributed by atoms with Crippen molar-refractivity contribution in [3.8, 4) is 11.4 Å². The number of aromatic nitrogens is 6. The van der Waals surface area contributed by atoms with Crippen LogP contribution in [-0.4, -0.2) is 35.4 Å². The Kier molecular flexibility index (Phi) is 3.44. The van der Waals surface area contributed by atoms with Crippen LogP contribution in [-0.2, 0) is 13.6 Å². The Hall–Kier alpha value is -2.62. The summed E-state index contributed by atoms with van der Waals surface area (Å²) in [5.41, 5.74) is 1.35. The van der Waals surface area contributed by atoms with Gasteiger partial charge in [-0.15, -0.1) is 5.10 Å². The van der Waals surface area contributed by atoms with E-state index in [9.17, 15) is 4.79 Å². The molecule has 108 valence electrons. The van der Waals surface area contributed by atoms with Gasteiger partial charge in [0, 0.05) is 13.2 Å². The third-order valence-corrected chi connectivity index (χ3v) is 3.52. The van der Waals surface area contributed by atoms with Crippen LogP contribution in [0.1, 0.15) is 21.3 Å². The summed E-state index contributed by atoms with van der Waals surface area (Å²) in [4.78, 5) is 16.6. The van der Waals surface area contributed by atoms with Gasteiger partial charge in [-0.2, -0.15) is 10.1 Å². The molecule has 1 N–H and O–H groups in total. The summed E-state index contributed by atoms with van der Waals surface area (Å²) >= 11 is 1.05. The second kappa shape index (κ2) is 5.40. The van der Waals surface area contributed by atoms with Crippen LogP contribution < -0.4 is 5.32 Å². The summed E-state index contributed by atoms with van der Waals surface area (Å²) in [7, 11) is 1.80. The highest BCUT2D eigenvalue weighted by Gasteiger charge is 2.15. The largest absolute Gasteiger partial charge is 0.342 e. The van der Waals surface area contributed by atoms with Crippen molar-refractivity contribution in [2.45, 2.75) is 13.5 Å². The lowest BCUT2D eigenvalue weighted by molar-refractivity contribution is 0.0949. The third kappa shape index (κ3) is 2.79. The highest BCUT2D eigenvalue weighted by molar-refractivity contribution is 7.07. The monoisotopic (exact) mass is 305 g/mol. The van der Waals surface area contributed by atoms with Crippen molar-refractivity contribution in [1.29, 1.82) is 0 Å². The molecule has 1 amide bonds. The number of nitrogens with one attached hydrogen (secondary N) is 1. The molecule has 0 atom stereocenters. The maximum Gasteiger partial charge on any atom is 0.265 e. The van der Waals surface area contributed by atoms with Gasteiger partial charge in [0.2, 0.25) is 11.7 Å². The van der Waals surface area contributed by atoms with Crippen molar-refractivity contribution in [3.63, 3.8) is 0 Å². The SMILES string of the molecule is Cc1nnsc1C(=O)NCc1nc(-c2cnn(C)c2)no1. The average Bonchev–Trinajstić information content (AvgIpc) is 3.16. The number of carbonyl (C=O) groups excluding carboxylic acids is 1. The van der Waals surface area contributed by atoms with Gasteiger partial charge in [-0.1, -0.05) is 9.64 Å². The first-order valence-electron chi connectivity index (χ1n) is 6.02. The molecule has 0 saturated heterocycles. The molecule has 0 unspecified atom stereocenters. The van der Waals surface area contributed by atoms with Crippen LogP contribution >= 0.6 is 11.5 Å². The maximum atomic E-state index is 11.9. The number of rotatable bonds is 4. The predicted molar refractivity (Wildman–Crippen MR) is 72.3 cm³/mol. The second-order valence-electron chi connectivity index (χ2n) is 4.28. The van der Waals surface area contributed by atoms with E-state index in [2.05, 4.69) is 30.1 Å². The molecule has 9 nitrogen and oxygen atoms in total. The van der Waals surface area contributed by atoms with Crippen molar-refractivity contribution in [2.75, 3.05) is 0 Å². The molecule has 0 aliphatic carbocycles. The molecule has 21 heavy (non-hydrogen) atoms. The molecule has 0 saturated carbocycles. The van der Waals surface area contributed by atoms with Gasteiger partial charge in [0.05, 0.1) is 24.0 Å². The summed E-state index contributed by atoms with van der Waals surface area (Å²) < 4.78 is 10.4. The van der Waals surface area contributed by atoms with Crippen LogP contribution in [0, 0.1) is 6.92 Å². The molecule has 0 aliphatic rings. The molecule has 3 rings (SSSR count). The first-order valence-corrected chi connectivity index (χ1v) is 6.79. The Morgan fingerprint density at radius 1 is 1.52 bits per heavy atom. The smallest absolute Gasteiger partial charge is 0.265 e. The highest BCUT2D eigenvalue weighted by Crippen LogP contribution is 2.14. The van der Waals surface area contributed by atoms with Crippen LogP contribution in [0.25, 0.3) is 11.4 Å². The number of amides is 1. The van der Waals surface area contributed by atoms with Crippen LogP contribution in [0.2, 0.25) is 0 Å². The molecular formula is C11H11N7O2S. The van der Waals surface area contributed by atoms with Gasteiger partial charge in [-0.25, -0.2) is 0 Å². The summed E-state index contributed by atoms with van der Waals surface area (Å²) in [6, 6.07) is 0. The molecule has 0 aromatic carbocycles. The number of hydrogen-bond acceptors (Lipinski definition) is 8. The molecule has 3 aromatic rings. The van der Waals surface area contributed by atoms with Gasteiger partial charge in [0.1, 0.15) is 4.88 Å².